The Morgan fingerprint density at radius 2 is 1.65 bits per heavy atom. The second-order valence-corrected chi connectivity index (χ2v) is 5.77. The average Bonchev–Trinajstić information content (AvgIpc) is 2.99. The minimum Gasteiger partial charge on any atom is -0.494 e. The van der Waals surface area contributed by atoms with E-state index in [4.69, 9.17) is 23.5 Å². The Bertz CT molecular complexity index is 512. The van der Waals surface area contributed by atoms with Crippen molar-refractivity contribution in [1.82, 2.24) is 0 Å². The van der Waals surface area contributed by atoms with Gasteiger partial charge in [0.25, 0.3) is 6.29 Å². The summed E-state index contributed by atoms with van der Waals surface area (Å²) < 4.78 is 28.8. The van der Waals surface area contributed by atoms with E-state index in [1.54, 1.807) is 0 Å². The van der Waals surface area contributed by atoms with Crippen molar-refractivity contribution in [3.8, 4) is 5.75 Å². The third-order valence-corrected chi connectivity index (χ3v) is 3.14. The number of hydrogen-bond donors (Lipinski definition) is 0. The molecule has 0 saturated heterocycles. The monoisotopic (exact) mass is 320 g/mol. The molecular weight excluding hydrogens is 295 g/mol. The van der Waals surface area contributed by atoms with Crippen LogP contribution in [-0.4, -0.2) is 25.9 Å². The van der Waals surface area contributed by atoms with Crippen molar-refractivity contribution in [2.24, 2.45) is 0 Å². The van der Waals surface area contributed by atoms with Crippen LogP contribution in [0, 0.1) is 0 Å². The van der Waals surface area contributed by atoms with E-state index in [0.717, 1.165) is 16.8 Å². The number of rotatable bonds is 8. The first kappa shape index (κ1) is 17.7. The summed E-state index contributed by atoms with van der Waals surface area (Å²) in [5.74, 6) is 0.718. The maximum absolute atomic E-state index is 6.00. The lowest BCUT2D eigenvalue weighted by molar-refractivity contribution is -0.0242. The molecule has 0 N–H and O–H groups in total. The van der Waals surface area contributed by atoms with Crippen molar-refractivity contribution in [2.45, 2.75) is 53.1 Å². The van der Waals surface area contributed by atoms with Gasteiger partial charge in [-0.3, -0.25) is 0 Å². The quantitative estimate of drug-likeness (QED) is 0.689. The van der Waals surface area contributed by atoms with Crippen LogP contribution in [0.15, 0.2) is 30.7 Å². The normalized spacial score (nSPS) is 14.2. The average molecular weight is 320 g/mol. The Morgan fingerprint density at radius 3 is 2.17 bits per heavy atom. The molecule has 1 aliphatic heterocycles. The summed E-state index contributed by atoms with van der Waals surface area (Å²) in [6.07, 6.45) is 2.56. The van der Waals surface area contributed by atoms with E-state index in [9.17, 15) is 0 Å². The van der Waals surface area contributed by atoms with E-state index in [-0.39, 0.29) is 12.2 Å². The Hall–Kier alpha value is -1.66. The van der Waals surface area contributed by atoms with Gasteiger partial charge >= 0.3 is 7.12 Å². The van der Waals surface area contributed by atoms with Gasteiger partial charge in [-0.25, -0.2) is 0 Å². The molecule has 0 radical (unpaired) electrons. The minimum absolute atomic E-state index is 0.00447. The van der Waals surface area contributed by atoms with Gasteiger partial charge in [-0.1, -0.05) is 12.1 Å². The van der Waals surface area contributed by atoms with Gasteiger partial charge in [0.1, 0.15) is 18.3 Å². The highest BCUT2D eigenvalue weighted by molar-refractivity contribution is 6.63. The molecule has 1 aromatic carbocycles. The molecular formula is C17H25BO5. The van der Waals surface area contributed by atoms with Crippen molar-refractivity contribution < 1.29 is 23.5 Å². The SMILES string of the molecule is CCOc1cccc(C2OC=CO2)c1B(OC(C)C)OC(C)C. The zero-order valence-electron chi connectivity index (χ0n) is 14.4. The first-order valence-electron chi connectivity index (χ1n) is 8.05. The maximum Gasteiger partial charge on any atom is 0.498 e. The summed E-state index contributed by atoms with van der Waals surface area (Å²) in [6, 6.07) is 5.76. The van der Waals surface area contributed by atoms with Crippen LogP contribution in [0.1, 0.15) is 46.5 Å². The van der Waals surface area contributed by atoms with Crippen molar-refractivity contribution >= 4 is 12.6 Å². The Morgan fingerprint density at radius 1 is 1.04 bits per heavy atom. The molecule has 1 aliphatic rings. The molecule has 0 spiro atoms. The number of hydrogen-bond acceptors (Lipinski definition) is 5. The molecule has 126 valence electrons. The Balaban J connectivity index is 2.44. The molecule has 6 heteroatoms. The van der Waals surface area contributed by atoms with E-state index in [1.165, 1.54) is 12.5 Å². The number of benzene rings is 1. The van der Waals surface area contributed by atoms with Crippen molar-refractivity contribution in [3.05, 3.63) is 36.3 Å². The highest BCUT2D eigenvalue weighted by atomic mass is 16.7. The fourth-order valence-corrected chi connectivity index (χ4v) is 2.35. The van der Waals surface area contributed by atoms with Crippen LogP contribution in [0.2, 0.25) is 0 Å². The van der Waals surface area contributed by atoms with Crippen LogP contribution in [0.4, 0.5) is 0 Å². The summed E-state index contributed by atoms with van der Waals surface area (Å²) in [7, 11) is -0.555. The Kier molecular flexibility index (Phi) is 6.36. The van der Waals surface area contributed by atoms with E-state index in [0.29, 0.717) is 6.61 Å². The van der Waals surface area contributed by atoms with Gasteiger partial charge in [-0.15, -0.1) is 0 Å². The van der Waals surface area contributed by atoms with Crippen LogP contribution >= 0.6 is 0 Å². The fraction of sp³-hybridized carbons (Fsp3) is 0.529. The third kappa shape index (κ3) is 4.66. The molecule has 0 saturated carbocycles. The summed E-state index contributed by atoms with van der Waals surface area (Å²) in [5, 5.41) is 0. The molecule has 0 atom stereocenters. The predicted molar refractivity (Wildman–Crippen MR) is 89.5 cm³/mol. The van der Waals surface area contributed by atoms with E-state index in [1.807, 2.05) is 52.8 Å². The highest BCUT2D eigenvalue weighted by Gasteiger charge is 2.34. The predicted octanol–water partition coefficient (Wildman–Crippen LogP) is 3.15. The van der Waals surface area contributed by atoms with Crippen LogP contribution < -0.4 is 10.2 Å². The summed E-state index contributed by atoms with van der Waals surface area (Å²) in [5.41, 5.74) is 1.65. The summed E-state index contributed by atoms with van der Waals surface area (Å²) >= 11 is 0. The largest absolute Gasteiger partial charge is 0.498 e. The third-order valence-electron chi connectivity index (χ3n) is 3.14. The molecule has 0 amide bonds. The van der Waals surface area contributed by atoms with Crippen LogP contribution in [0.5, 0.6) is 5.75 Å². The Labute approximate surface area is 138 Å². The lowest BCUT2D eigenvalue weighted by atomic mass is 9.74. The lowest BCUT2D eigenvalue weighted by Crippen LogP contribution is -2.44. The van der Waals surface area contributed by atoms with E-state index in [2.05, 4.69) is 0 Å². The molecule has 5 nitrogen and oxygen atoms in total. The van der Waals surface area contributed by atoms with Gasteiger partial charge < -0.3 is 23.5 Å². The zero-order valence-corrected chi connectivity index (χ0v) is 14.4. The van der Waals surface area contributed by atoms with Crippen molar-refractivity contribution in [3.63, 3.8) is 0 Å². The molecule has 0 aliphatic carbocycles. The van der Waals surface area contributed by atoms with Gasteiger partial charge in [-0.2, -0.15) is 0 Å². The van der Waals surface area contributed by atoms with Crippen molar-refractivity contribution in [2.75, 3.05) is 6.61 Å². The van der Waals surface area contributed by atoms with Crippen molar-refractivity contribution in [1.29, 1.82) is 0 Å². The first-order valence-corrected chi connectivity index (χ1v) is 8.05. The van der Waals surface area contributed by atoms with E-state index < -0.39 is 13.4 Å². The molecule has 23 heavy (non-hydrogen) atoms. The standard InChI is InChI=1S/C17H25BO5/c1-6-19-15-9-7-8-14(17-20-10-11-21-17)16(15)18(22-12(2)3)23-13(4)5/h7-13,17H,6H2,1-5H3. The second-order valence-electron chi connectivity index (χ2n) is 5.77. The van der Waals surface area contributed by atoms with Gasteiger partial charge in [0.05, 0.1) is 6.61 Å². The molecule has 0 bridgehead atoms. The topological polar surface area (TPSA) is 46.2 Å². The highest BCUT2D eigenvalue weighted by Crippen LogP contribution is 2.26. The van der Waals surface area contributed by atoms with Crippen LogP contribution in [0.3, 0.4) is 0 Å². The van der Waals surface area contributed by atoms with Crippen LogP contribution in [0.25, 0.3) is 0 Å². The van der Waals surface area contributed by atoms with Gasteiger partial charge in [-0.05, 0) is 40.7 Å². The maximum atomic E-state index is 6.00. The molecule has 0 unspecified atom stereocenters. The lowest BCUT2D eigenvalue weighted by Gasteiger charge is -2.25. The molecule has 0 fully saturated rings. The first-order chi connectivity index (χ1) is 11.0. The smallest absolute Gasteiger partial charge is 0.494 e. The fourth-order valence-electron chi connectivity index (χ4n) is 2.35. The van der Waals surface area contributed by atoms with Gasteiger partial charge in [0, 0.05) is 23.2 Å². The molecule has 2 rings (SSSR count). The number of ether oxygens (including phenoxy) is 3. The summed E-state index contributed by atoms with van der Waals surface area (Å²) in [4.78, 5) is 0. The van der Waals surface area contributed by atoms with Gasteiger partial charge in [0.15, 0.2) is 0 Å². The van der Waals surface area contributed by atoms with Crippen LogP contribution in [-0.2, 0) is 18.8 Å². The molecule has 1 aromatic rings. The molecule has 1 heterocycles. The second kappa shape index (κ2) is 8.27. The zero-order chi connectivity index (χ0) is 16.8. The molecule has 0 aromatic heterocycles. The minimum atomic E-state index is -0.555. The summed E-state index contributed by atoms with van der Waals surface area (Å²) in [6.45, 7) is 10.4. The van der Waals surface area contributed by atoms with E-state index >= 15 is 0 Å². The van der Waals surface area contributed by atoms with Gasteiger partial charge in [0.2, 0.25) is 0 Å².